The van der Waals surface area contributed by atoms with Crippen molar-refractivity contribution in [2.45, 2.75) is 71.5 Å². The number of rotatable bonds is 8. The van der Waals surface area contributed by atoms with Gasteiger partial charge in [-0.15, -0.1) is 0 Å². The van der Waals surface area contributed by atoms with Gasteiger partial charge in [0.15, 0.2) is 5.78 Å². The topological polar surface area (TPSA) is 82.2 Å². The Balaban J connectivity index is 0.00000342. The van der Waals surface area contributed by atoms with Gasteiger partial charge in [-0.2, -0.15) is 0 Å². The van der Waals surface area contributed by atoms with Crippen molar-refractivity contribution in [3.05, 3.63) is 60.0 Å². The summed E-state index contributed by atoms with van der Waals surface area (Å²) >= 11 is 0. The smallest absolute Gasteiger partial charge is 0.550 e. The zero-order valence-corrected chi connectivity index (χ0v) is 23.6. The number of carboxylic acid groups (broad SMARTS) is 1. The number of H-pyrrole nitrogens is 1. The summed E-state index contributed by atoms with van der Waals surface area (Å²) in [6.45, 7) is 5.96. The number of carboxylic acids is 1. The number of Topliss-reactive ketones (excluding diaryl/α,β-unsaturated/α-hetero) is 1. The maximum Gasteiger partial charge on any atom is 1.00 e. The van der Waals surface area contributed by atoms with Crippen LogP contribution in [0, 0.1) is 35.5 Å². The molecule has 0 bridgehead atoms. The fourth-order valence-corrected chi connectivity index (χ4v) is 6.26. The van der Waals surface area contributed by atoms with E-state index < -0.39 is 11.9 Å². The van der Waals surface area contributed by atoms with Crippen molar-refractivity contribution >= 4 is 11.8 Å². The predicted molar refractivity (Wildman–Crippen MR) is 131 cm³/mol. The third-order valence-corrected chi connectivity index (χ3v) is 8.34. The SMILES string of the molecule is CCC(=CC=CC1C=CC2CCCC2C1C(=O)c1ccc[nH]1)C1OC(C(C)C(=O)[O-])CCC1C.[Na+]. The van der Waals surface area contributed by atoms with E-state index in [1.165, 1.54) is 18.4 Å². The molecule has 2 aliphatic carbocycles. The molecular weight excluding hydrogens is 449 g/mol. The van der Waals surface area contributed by atoms with E-state index in [9.17, 15) is 14.7 Å². The number of fused-ring (bicyclic) bond motifs is 1. The summed E-state index contributed by atoms with van der Waals surface area (Å²) in [6, 6.07) is 3.77. The predicted octanol–water partition coefficient (Wildman–Crippen LogP) is 1.88. The van der Waals surface area contributed by atoms with E-state index >= 15 is 0 Å². The third kappa shape index (κ3) is 6.30. The number of aromatic amines is 1. The van der Waals surface area contributed by atoms with Crippen LogP contribution in [0.2, 0.25) is 0 Å². The Morgan fingerprint density at radius 2 is 2.03 bits per heavy atom. The Morgan fingerprint density at radius 3 is 2.71 bits per heavy atom. The van der Waals surface area contributed by atoms with E-state index in [2.05, 4.69) is 49.2 Å². The van der Waals surface area contributed by atoms with Crippen molar-refractivity contribution in [3.63, 3.8) is 0 Å². The number of ketones is 1. The molecule has 1 aromatic heterocycles. The van der Waals surface area contributed by atoms with Crippen LogP contribution in [-0.2, 0) is 9.53 Å². The van der Waals surface area contributed by atoms with Crippen molar-refractivity contribution in [1.82, 2.24) is 4.98 Å². The molecule has 2 heterocycles. The molecule has 1 saturated carbocycles. The molecule has 4 rings (SSSR count). The van der Waals surface area contributed by atoms with Gasteiger partial charge in [-0.1, -0.05) is 57.6 Å². The number of carbonyl (C=O) groups is 2. The largest absolute Gasteiger partial charge is 1.00 e. The van der Waals surface area contributed by atoms with E-state index in [1.807, 2.05) is 18.3 Å². The summed E-state index contributed by atoms with van der Waals surface area (Å²) in [7, 11) is 0. The summed E-state index contributed by atoms with van der Waals surface area (Å²) in [5.74, 6) is -0.176. The summed E-state index contributed by atoms with van der Waals surface area (Å²) in [6.07, 6.45) is 18.3. The monoisotopic (exact) mass is 487 g/mol. The van der Waals surface area contributed by atoms with Gasteiger partial charge in [-0.25, -0.2) is 0 Å². The summed E-state index contributed by atoms with van der Waals surface area (Å²) in [5.41, 5.74) is 1.87. The Bertz CT molecular complexity index is 950. The molecule has 0 amide bonds. The first-order chi connectivity index (χ1) is 16.4. The molecule has 8 unspecified atom stereocenters. The van der Waals surface area contributed by atoms with Crippen LogP contribution in [0.5, 0.6) is 0 Å². The molecule has 1 aromatic rings. The van der Waals surface area contributed by atoms with E-state index in [0.29, 0.717) is 23.4 Å². The van der Waals surface area contributed by atoms with Gasteiger partial charge in [0.1, 0.15) is 0 Å². The molecule has 0 spiro atoms. The van der Waals surface area contributed by atoms with Crippen LogP contribution >= 0.6 is 0 Å². The molecule has 184 valence electrons. The van der Waals surface area contributed by atoms with Crippen molar-refractivity contribution in [1.29, 1.82) is 0 Å². The van der Waals surface area contributed by atoms with Gasteiger partial charge in [-0.05, 0) is 67.6 Å². The average molecular weight is 488 g/mol. The second-order valence-electron chi connectivity index (χ2n) is 10.4. The Labute approximate surface area is 231 Å². The van der Waals surface area contributed by atoms with Crippen molar-refractivity contribution in [2.75, 3.05) is 0 Å². The number of aliphatic carboxylic acids is 1. The van der Waals surface area contributed by atoms with Crippen LogP contribution < -0.4 is 34.7 Å². The van der Waals surface area contributed by atoms with Crippen LogP contribution in [-0.4, -0.2) is 28.9 Å². The van der Waals surface area contributed by atoms with Gasteiger partial charge in [0, 0.05) is 29.9 Å². The fraction of sp³-hybridized carbons (Fsp3) is 0.586. The molecule has 6 heteroatoms. The van der Waals surface area contributed by atoms with E-state index in [-0.39, 0.29) is 59.4 Å². The minimum Gasteiger partial charge on any atom is -0.550 e. The summed E-state index contributed by atoms with van der Waals surface area (Å²) < 4.78 is 6.29. The quantitative estimate of drug-likeness (QED) is 0.263. The third-order valence-electron chi connectivity index (χ3n) is 8.34. The van der Waals surface area contributed by atoms with Crippen molar-refractivity contribution < 1.29 is 49.0 Å². The van der Waals surface area contributed by atoms with Crippen LogP contribution in [0.4, 0.5) is 0 Å². The minimum atomic E-state index is -1.05. The van der Waals surface area contributed by atoms with Gasteiger partial charge in [0.05, 0.1) is 17.9 Å². The number of hydrogen-bond acceptors (Lipinski definition) is 4. The van der Waals surface area contributed by atoms with E-state index in [4.69, 9.17) is 4.74 Å². The van der Waals surface area contributed by atoms with Gasteiger partial charge in [0.25, 0.3) is 0 Å². The van der Waals surface area contributed by atoms with Gasteiger partial charge < -0.3 is 19.6 Å². The molecule has 35 heavy (non-hydrogen) atoms. The number of nitrogens with one attached hydrogen (secondary N) is 1. The zero-order chi connectivity index (χ0) is 24.2. The first-order valence-corrected chi connectivity index (χ1v) is 13.0. The molecule has 8 atom stereocenters. The Kier molecular flexibility index (Phi) is 10.2. The maximum atomic E-state index is 13.4. The summed E-state index contributed by atoms with van der Waals surface area (Å²) in [5, 5.41) is 11.4. The number of ether oxygens (including phenoxy) is 1. The maximum absolute atomic E-state index is 13.4. The number of allylic oxidation sites excluding steroid dienone is 5. The summed E-state index contributed by atoms with van der Waals surface area (Å²) in [4.78, 5) is 27.9. The number of hydrogen-bond donors (Lipinski definition) is 1. The molecule has 0 aromatic carbocycles. The number of carbonyl (C=O) groups excluding carboxylic acids is 2. The molecule has 5 nitrogen and oxygen atoms in total. The van der Waals surface area contributed by atoms with E-state index in [0.717, 1.165) is 25.7 Å². The minimum absolute atomic E-state index is 0. The first kappa shape index (κ1) is 28.2. The van der Waals surface area contributed by atoms with Crippen molar-refractivity contribution in [2.24, 2.45) is 35.5 Å². The zero-order valence-electron chi connectivity index (χ0n) is 21.6. The molecule has 0 radical (unpaired) electrons. The van der Waals surface area contributed by atoms with Gasteiger partial charge in [0.2, 0.25) is 0 Å². The molecule has 1 aliphatic heterocycles. The van der Waals surface area contributed by atoms with Crippen LogP contribution in [0.1, 0.15) is 69.8 Å². The molecule has 3 aliphatic rings. The molecule has 1 saturated heterocycles. The van der Waals surface area contributed by atoms with Crippen LogP contribution in [0.3, 0.4) is 0 Å². The molecular formula is C29H38NNaO4. The van der Waals surface area contributed by atoms with Crippen LogP contribution in [0.15, 0.2) is 54.3 Å². The first-order valence-electron chi connectivity index (χ1n) is 13.0. The normalized spacial score (nSPS) is 33.8. The second kappa shape index (κ2) is 12.7. The Morgan fingerprint density at radius 1 is 1.23 bits per heavy atom. The van der Waals surface area contributed by atoms with Crippen molar-refractivity contribution in [3.8, 4) is 0 Å². The second-order valence-corrected chi connectivity index (χ2v) is 10.4. The number of aromatic nitrogens is 1. The average Bonchev–Trinajstić information content (AvgIpc) is 3.53. The molecule has 2 fully saturated rings. The van der Waals surface area contributed by atoms with Gasteiger partial charge in [-0.3, -0.25) is 4.79 Å². The fourth-order valence-electron chi connectivity index (χ4n) is 6.26. The standard InChI is InChI=1S/C29H39NO4.Na/c1-4-20(28-18(2)13-16-25(34-28)19(3)29(32)33)8-5-10-22-15-14-21-9-6-11-23(21)26(22)27(31)24-12-7-17-30-24;/h5,7-8,10,12,14-15,17-19,21-23,25-26,28,30H,4,6,9,11,13,16H2,1-3H3,(H,32,33);/q;+1/p-1. The van der Waals surface area contributed by atoms with Gasteiger partial charge >= 0.3 is 29.6 Å². The van der Waals surface area contributed by atoms with Crippen LogP contribution in [0.25, 0.3) is 0 Å². The van der Waals surface area contributed by atoms with E-state index in [1.54, 1.807) is 6.92 Å². The Hall–Kier alpha value is -1.40. The molecule has 1 N–H and O–H groups in total.